The smallest absolute Gasteiger partial charge is 0.135 e. The molecule has 0 bridgehead atoms. The number of hydrogen-bond acceptors (Lipinski definition) is 2. The molecule has 1 aromatic heterocycles. The van der Waals surface area contributed by atoms with Gasteiger partial charge >= 0.3 is 0 Å². The van der Waals surface area contributed by atoms with Gasteiger partial charge in [-0.3, -0.25) is 0 Å². The van der Waals surface area contributed by atoms with E-state index in [-0.39, 0.29) is 11.8 Å². The summed E-state index contributed by atoms with van der Waals surface area (Å²) in [5.74, 6) is 1.38. The number of furan rings is 1. The van der Waals surface area contributed by atoms with E-state index in [1.54, 1.807) is 0 Å². The zero-order valence-electron chi connectivity index (χ0n) is 29.7. The molecule has 2 aliphatic carbocycles. The molecular weight excluding hydrogens is 655 g/mol. The average molecular weight is 692 g/mol. The first kappa shape index (κ1) is 31.8. The van der Waals surface area contributed by atoms with E-state index >= 15 is 0 Å². The van der Waals surface area contributed by atoms with Gasteiger partial charge in [-0.2, -0.15) is 0 Å². The lowest BCUT2D eigenvalue weighted by atomic mass is 9.73. The molecule has 0 radical (unpaired) electrons. The molecule has 8 aromatic rings. The molecule has 1 heterocycles. The number of benzene rings is 7. The summed E-state index contributed by atoms with van der Waals surface area (Å²) in [6.45, 7) is 0. The second kappa shape index (κ2) is 13.6. The Bertz CT molecular complexity index is 2600. The summed E-state index contributed by atoms with van der Waals surface area (Å²) in [4.78, 5) is 2.39. The highest BCUT2D eigenvalue weighted by Gasteiger charge is 2.35. The highest BCUT2D eigenvalue weighted by Crippen LogP contribution is 2.51. The van der Waals surface area contributed by atoms with Gasteiger partial charge in [0.25, 0.3) is 0 Å². The zero-order chi connectivity index (χ0) is 35.8. The second-order valence-corrected chi connectivity index (χ2v) is 14.0. The molecule has 2 nitrogen and oxygen atoms in total. The fraction of sp³-hybridized carbons (Fsp3) is 0.0385. The van der Waals surface area contributed by atoms with Crippen LogP contribution in [-0.4, -0.2) is 0 Å². The van der Waals surface area contributed by atoms with Crippen molar-refractivity contribution in [3.05, 3.63) is 223 Å². The van der Waals surface area contributed by atoms with Crippen LogP contribution in [0.1, 0.15) is 22.8 Å². The third kappa shape index (κ3) is 5.60. The number of allylic oxidation sites excluding steroid dienone is 5. The van der Waals surface area contributed by atoms with Gasteiger partial charge in [0.05, 0.1) is 5.69 Å². The topological polar surface area (TPSA) is 16.4 Å². The zero-order valence-corrected chi connectivity index (χ0v) is 29.7. The molecule has 0 spiro atoms. The van der Waals surface area contributed by atoms with Gasteiger partial charge < -0.3 is 9.32 Å². The van der Waals surface area contributed by atoms with Crippen molar-refractivity contribution in [1.29, 1.82) is 0 Å². The first-order chi connectivity index (χ1) is 26.8. The lowest BCUT2D eigenvalue weighted by Crippen LogP contribution is -2.16. The van der Waals surface area contributed by atoms with Gasteiger partial charge in [-0.25, -0.2) is 0 Å². The predicted octanol–water partition coefficient (Wildman–Crippen LogP) is 14.3. The van der Waals surface area contributed by atoms with Crippen molar-refractivity contribution in [1.82, 2.24) is 0 Å². The Kier molecular flexibility index (Phi) is 8.00. The van der Waals surface area contributed by atoms with Crippen molar-refractivity contribution >= 4 is 39.7 Å². The van der Waals surface area contributed by atoms with Crippen LogP contribution in [0.4, 0.5) is 17.1 Å². The fourth-order valence-corrected chi connectivity index (χ4v) is 8.31. The predicted molar refractivity (Wildman–Crippen MR) is 226 cm³/mol. The SMILES string of the molecule is C1=CC2C(c3ccccc3)=Cc3c(oc4cccc(-c5ccccc5N(c5ccc(-c6ccccc6)cc5)c5ccc(-c6ccccc6)cc5)c34)C2C=C1. The fourth-order valence-electron chi connectivity index (χ4n) is 8.31. The standard InChI is InChI=1S/C52H37NO/c1-4-15-36(16-5-1)38-27-31-41(32-28-38)53(42-33-29-39(30-34-42)37-17-6-2-7-18-37)49-25-13-12-22-44(49)45-24-14-26-50-51(45)48-35-47(40-19-8-3-9-20-40)43-21-10-11-23-46(43)52(48)54-50/h1-35,43,46H. The molecule has 256 valence electrons. The highest BCUT2D eigenvalue weighted by atomic mass is 16.3. The summed E-state index contributed by atoms with van der Waals surface area (Å²) in [5, 5.41) is 1.15. The summed E-state index contributed by atoms with van der Waals surface area (Å²) in [5.41, 5.74) is 15.0. The summed E-state index contributed by atoms with van der Waals surface area (Å²) in [6, 6.07) is 65.1. The molecule has 10 rings (SSSR count). The van der Waals surface area contributed by atoms with Gasteiger partial charge in [0.1, 0.15) is 11.3 Å². The molecular formula is C52H37NO. The second-order valence-electron chi connectivity index (χ2n) is 14.0. The maximum Gasteiger partial charge on any atom is 0.135 e. The van der Waals surface area contributed by atoms with Crippen molar-refractivity contribution in [3.63, 3.8) is 0 Å². The minimum Gasteiger partial charge on any atom is -0.460 e. The molecule has 54 heavy (non-hydrogen) atoms. The van der Waals surface area contributed by atoms with Crippen LogP contribution >= 0.6 is 0 Å². The maximum absolute atomic E-state index is 6.84. The Labute approximate surface area is 316 Å². The number of hydrogen-bond donors (Lipinski definition) is 0. The van der Waals surface area contributed by atoms with Crippen LogP contribution in [0.15, 0.2) is 211 Å². The van der Waals surface area contributed by atoms with E-state index in [2.05, 4.69) is 217 Å². The summed E-state index contributed by atoms with van der Waals surface area (Å²) in [7, 11) is 0. The van der Waals surface area contributed by atoms with E-state index < -0.39 is 0 Å². The van der Waals surface area contributed by atoms with E-state index in [4.69, 9.17) is 4.42 Å². The van der Waals surface area contributed by atoms with Crippen LogP contribution in [0, 0.1) is 5.92 Å². The molecule has 0 saturated heterocycles. The number of fused-ring (bicyclic) bond motifs is 5. The van der Waals surface area contributed by atoms with Crippen molar-refractivity contribution in [3.8, 4) is 33.4 Å². The van der Waals surface area contributed by atoms with Crippen molar-refractivity contribution < 1.29 is 4.42 Å². The highest BCUT2D eigenvalue weighted by molar-refractivity contribution is 6.07. The van der Waals surface area contributed by atoms with E-state index in [0.717, 1.165) is 44.9 Å². The van der Waals surface area contributed by atoms with Crippen LogP contribution in [0.5, 0.6) is 0 Å². The normalized spacial score (nSPS) is 15.7. The molecule has 0 saturated carbocycles. The van der Waals surface area contributed by atoms with Crippen molar-refractivity contribution in [2.24, 2.45) is 5.92 Å². The molecule has 0 amide bonds. The third-order valence-corrected chi connectivity index (χ3v) is 10.9. The number of para-hydroxylation sites is 1. The largest absolute Gasteiger partial charge is 0.460 e. The van der Waals surface area contributed by atoms with Crippen LogP contribution in [0.3, 0.4) is 0 Å². The monoisotopic (exact) mass is 691 g/mol. The third-order valence-electron chi connectivity index (χ3n) is 10.9. The summed E-state index contributed by atoms with van der Waals surface area (Å²) in [6.07, 6.45) is 11.3. The number of anilines is 3. The van der Waals surface area contributed by atoms with E-state index in [1.165, 1.54) is 39.0 Å². The van der Waals surface area contributed by atoms with Gasteiger partial charge in [-0.1, -0.05) is 170 Å². The molecule has 0 fully saturated rings. The Morgan fingerprint density at radius 2 is 0.907 bits per heavy atom. The van der Waals surface area contributed by atoms with Gasteiger partial charge in [0.15, 0.2) is 0 Å². The first-order valence-electron chi connectivity index (χ1n) is 18.7. The molecule has 2 aliphatic rings. The van der Waals surface area contributed by atoms with Crippen LogP contribution < -0.4 is 4.90 Å². The minimum absolute atomic E-state index is 0.128. The molecule has 2 unspecified atom stereocenters. The Morgan fingerprint density at radius 1 is 0.407 bits per heavy atom. The van der Waals surface area contributed by atoms with E-state index in [9.17, 15) is 0 Å². The average Bonchev–Trinajstić information content (AvgIpc) is 3.64. The first-order valence-corrected chi connectivity index (χ1v) is 18.7. The minimum atomic E-state index is 0.128. The Morgan fingerprint density at radius 3 is 1.52 bits per heavy atom. The Hall–Kier alpha value is -6.90. The van der Waals surface area contributed by atoms with Gasteiger partial charge in [0, 0.05) is 39.7 Å². The summed E-state index contributed by atoms with van der Waals surface area (Å²) >= 11 is 0. The molecule has 2 atom stereocenters. The van der Waals surface area contributed by atoms with Crippen LogP contribution in [0.2, 0.25) is 0 Å². The number of rotatable bonds is 7. The Balaban J connectivity index is 1.16. The van der Waals surface area contributed by atoms with Gasteiger partial charge in [-0.15, -0.1) is 0 Å². The quantitative estimate of drug-likeness (QED) is 0.165. The van der Waals surface area contributed by atoms with Gasteiger partial charge in [0.2, 0.25) is 0 Å². The van der Waals surface area contributed by atoms with Crippen molar-refractivity contribution in [2.45, 2.75) is 5.92 Å². The van der Waals surface area contributed by atoms with Crippen LogP contribution in [-0.2, 0) is 0 Å². The molecule has 7 aromatic carbocycles. The van der Waals surface area contributed by atoms with E-state index in [1.807, 2.05) is 0 Å². The number of nitrogens with zero attached hydrogens (tertiary/aromatic N) is 1. The summed E-state index contributed by atoms with van der Waals surface area (Å²) < 4.78 is 6.84. The maximum atomic E-state index is 6.84. The lowest BCUT2D eigenvalue weighted by molar-refractivity contribution is 0.496. The lowest BCUT2D eigenvalue weighted by Gasteiger charge is -2.30. The van der Waals surface area contributed by atoms with E-state index in [0.29, 0.717) is 0 Å². The molecule has 0 aliphatic heterocycles. The molecule has 0 N–H and O–H groups in total. The van der Waals surface area contributed by atoms with Crippen LogP contribution in [0.25, 0.3) is 56.0 Å². The van der Waals surface area contributed by atoms with Gasteiger partial charge in [-0.05, 0) is 81.4 Å². The van der Waals surface area contributed by atoms with Crippen molar-refractivity contribution in [2.75, 3.05) is 4.90 Å². The molecule has 2 heteroatoms.